The number of benzene rings is 1. The summed E-state index contributed by atoms with van der Waals surface area (Å²) < 4.78 is 42.8. The number of rotatable bonds is 3. The van der Waals surface area contributed by atoms with E-state index < -0.39 is 11.7 Å². The smallest absolute Gasteiger partial charge is 0.381 e. The Bertz CT molecular complexity index is 402. The van der Waals surface area contributed by atoms with Crippen molar-refractivity contribution in [3.8, 4) is 0 Å². The van der Waals surface area contributed by atoms with Crippen LogP contribution in [0.2, 0.25) is 0 Å². The average Bonchev–Trinajstić information content (AvgIpc) is 2.39. The minimum Gasteiger partial charge on any atom is -0.381 e. The van der Waals surface area contributed by atoms with E-state index in [1.165, 1.54) is 0 Å². The molecule has 0 radical (unpaired) electrons. The standard InChI is InChI=1S/C14H18F3NO/c1-18-13-6-7-19-9-11(13)8-10-2-4-12(5-3-10)14(15,16)17/h2-5,11,13,18H,6-9H2,1H3. The number of nitrogens with one attached hydrogen (secondary N) is 1. The summed E-state index contributed by atoms with van der Waals surface area (Å²) in [6, 6.07) is 5.78. The molecule has 106 valence electrons. The molecule has 1 aromatic rings. The maximum atomic E-state index is 12.5. The lowest BCUT2D eigenvalue weighted by Crippen LogP contribution is -2.41. The average molecular weight is 273 g/mol. The molecule has 1 aromatic carbocycles. The molecule has 2 nitrogen and oxygen atoms in total. The molecule has 0 amide bonds. The fourth-order valence-corrected chi connectivity index (χ4v) is 2.51. The van der Waals surface area contributed by atoms with Crippen LogP contribution in [0.15, 0.2) is 24.3 Å². The van der Waals surface area contributed by atoms with Gasteiger partial charge in [-0.3, -0.25) is 0 Å². The first kappa shape index (κ1) is 14.3. The van der Waals surface area contributed by atoms with E-state index in [1.807, 2.05) is 7.05 Å². The van der Waals surface area contributed by atoms with E-state index in [1.54, 1.807) is 12.1 Å². The van der Waals surface area contributed by atoms with Crippen LogP contribution in [0, 0.1) is 5.92 Å². The number of ether oxygens (including phenoxy) is 1. The normalized spacial score (nSPS) is 24.4. The SMILES string of the molecule is CNC1CCOCC1Cc1ccc(C(F)(F)F)cc1. The summed E-state index contributed by atoms with van der Waals surface area (Å²) in [5.74, 6) is 0.315. The molecule has 1 fully saturated rings. The van der Waals surface area contributed by atoms with Crippen molar-refractivity contribution < 1.29 is 17.9 Å². The molecule has 0 bridgehead atoms. The zero-order valence-electron chi connectivity index (χ0n) is 10.8. The summed E-state index contributed by atoms with van der Waals surface area (Å²) in [6.07, 6.45) is -2.58. The lowest BCUT2D eigenvalue weighted by molar-refractivity contribution is -0.137. The Labute approximate surface area is 111 Å². The van der Waals surface area contributed by atoms with Crippen molar-refractivity contribution >= 4 is 0 Å². The van der Waals surface area contributed by atoms with Gasteiger partial charge in [-0.2, -0.15) is 13.2 Å². The summed E-state index contributed by atoms with van der Waals surface area (Å²) in [4.78, 5) is 0. The first-order chi connectivity index (χ1) is 9.00. The van der Waals surface area contributed by atoms with E-state index in [2.05, 4.69) is 5.32 Å². The quantitative estimate of drug-likeness (QED) is 0.914. The van der Waals surface area contributed by atoms with E-state index >= 15 is 0 Å². The Morgan fingerprint density at radius 2 is 1.95 bits per heavy atom. The molecule has 2 unspecified atom stereocenters. The summed E-state index contributed by atoms with van der Waals surface area (Å²) in [5.41, 5.74) is 0.324. The van der Waals surface area contributed by atoms with Gasteiger partial charge in [0.15, 0.2) is 0 Å². The number of hydrogen-bond donors (Lipinski definition) is 1. The minimum absolute atomic E-state index is 0.315. The maximum absolute atomic E-state index is 12.5. The van der Waals surface area contributed by atoms with Crippen LogP contribution >= 0.6 is 0 Å². The van der Waals surface area contributed by atoms with Crippen molar-refractivity contribution in [2.45, 2.75) is 25.1 Å². The van der Waals surface area contributed by atoms with Crippen LogP contribution < -0.4 is 5.32 Å². The van der Waals surface area contributed by atoms with Crippen molar-refractivity contribution in [3.05, 3.63) is 35.4 Å². The fraction of sp³-hybridized carbons (Fsp3) is 0.571. The number of hydrogen-bond acceptors (Lipinski definition) is 2. The highest BCUT2D eigenvalue weighted by molar-refractivity contribution is 5.25. The highest BCUT2D eigenvalue weighted by atomic mass is 19.4. The van der Waals surface area contributed by atoms with Gasteiger partial charge in [-0.25, -0.2) is 0 Å². The Morgan fingerprint density at radius 1 is 1.26 bits per heavy atom. The maximum Gasteiger partial charge on any atom is 0.416 e. The monoisotopic (exact) mass is 273 g/mol. The van der Waals surface area contributed by atoms with Crippen molar-refractivity contribution in [2.24, 2.45) is 5.92 Å². The predicted molar refractivity (Wildman–Crippen MR) is 66.9 cm³/mol. The molecule has 2 atom stereocenters. The van der Waals surface area contributed by atoms with E-state index in [-0.39, 0.29) is 0 Å². The third-order valence-corrected chi connectivity index (χ3v) is 3.62. The molecule has 19 heavy (non-hydrogen) atoms. The van der Waals surface area contributed by atoms with Gasteiger partial charge in [0.2, 0.25) is 0 Å². The Kier molecular flexibility index (Phi) is 4.47. The molecule has 1 aliphatic heterocycles. The molecule has 0 aromatic heterocycles. The van der Waals surface area contributed by atoms with Gasteiger partial charge in [0.1, 0.15) is 0 Å². The van der Waals surface area contributed by atoms with E-state index in [9.17, 15) is 13.2 Å². The molecular weight excluding hydrogens is 255 g/mol. The van der Waals surface area contributed by atoms with Gasteiger partial charge >= 0.3 is 6.18 Å². The van der Waals surface area contributed by atoms with Crippen LogP contribution in [0.5, 0.6) is 0 Å². The number of alkyl halides is 3. The third kappa shape index (κ3) is 3.70. The summed E-state index contributed by atoms with van der Waals surface area (Å²) in [6.45, 7) is 1.40. The molecule has 2 rings (SSSR count). The Morgan fingerprint density at radius 3 is 2.53 bits per heavy atom. The molecule has 1 N–H and O–H groups in total. The second-order valence-electron chi connectivity index (χ2n) is 4.92. The van der Waals surface area contributed by atoms with Gasteiger partial charge in [0.05, 0.1) is 12.2 Å². The lowest BCUT2D eigenvalue weighted by atomic mass is 9.89. The van der Waals surface area contributed by atoms with E-state index in [0.29, 0.717) is 18.6 Å². The van der Waals surface area contributed by atoms with Gasteiger partial charge in [0, 0.05) is 18.6 Å². The highest BCUT2D eigenvalue weighted by Gasteiger charge is 2.30. The minimum atomic E-state index is -4.26. The Balaban J connectivity index is 2.02. The van der Waals surface area contributed by atoms with Crippen LogP contribution in [0.4, 0.5) is 13.2 Å². The highest BCUT2D eigenvalue weighted by Crippen LogP contribution is 2.29. The first-order valence-corrected chi connectivity index (χ1v) is 6.42. The zero-order chi connectivity index (χ0) is 13.9. The van der Waals surface area contributed by atoms with E-state index in [0.717, 1.165) is 37.1 Å². The van der Waals surface area contributed by atoms with Gasteiger partial charge in [-0.15, -0.1) is 0 Å². The van der Waals surface area contributed by atoms with E-state index in [4.69, 9.17) is 4.74 Å². The Hall–Kier alpha value is -1.07. The lowest BCUT2D eigenvalue weighted by Gasteiger charge is -2.31. The van der Waals surface area contributed by atoms with Gasteiger partial charge in [-0.05, 0) is 37.6 Å². The number of halogens is 3. The van der Waals surface area contributed by atoms with Crippen LogP contribution in [0.3, 0.4) is 0 Å². The molecule has 1 saturated heterocycles. The van der Waals surface area contributed by atoms with Crippen molar-refractivity contribution in [3.63, 3.8) is 0 Å². The molecule has 1 aliphatic rings. The van der Waals surface area contributed by atoms with Crippen LogP contribution in [-0.4, -0.2) is 26.3 Å². The first-order valence-electron chi connectivity index (χ1n) is 6.42. The largest absolute Gasteiger partial charge is 0.416 e. The van der Waals surface area contributed by atoms with Crippen LogP contribution in [0.1, 0.15) is 17.5 Å². The third-order valence-electron chi connectivity index (χ3n) is 3.62. The molecular formula is C14H18F3NO. The summed E-state index contributed by atoms with van der Waals surface area (Å²) >= 11 is 0. The molecule has 0 aliphatic carbocycles. The van der Waals surface area contributed by atoms with Gasteiger partial charge < -0.3 is 10.1 Å². The van der Waals surface area contributed by atoms with Crippen molar-refractivity contribution in [1.82, 2.24) is 5.32 Å². The summed E-state index contributed by atoms with van der Waals surface area (Å²) in [5, 5.41) is 3.25. The predicted octanol–water partition coefficient (Wildman–Crippen LogP) is 2.87. The fourth-order valence-electron chi connectivity index (χ4n) is 2.51. The summed E-state index contributed by atoms with van der Waals surface area (Å²) in [7, 11) is 1.91. The molecule has 1 heterocycles. The van der Waals surface area contributed by atoms with Crippen molar-refractivity contribution in [2.75, 3.05) is 20.3 Å². The second-order valence-corrected chi connectivity index (χ2v) is 4.92. The van der Waals surface area contributed by atoms with Crippen molar-refractivity contribution in [1.29, 1.82) is 0 Å². The zero-order valence-corrected chi connectivity index (χ0v) is 10.8. The van der Waals surface area contributed by atoms with Gasteiger partial charge in [0.25, 0.3) is 0 Å². The van der Waals surface area contributed by atoms with Crippen LogP contribution in [0.25, 0.3) is 0 Å². The molecule has 0 spiro atoms. The van der Waals surface area contributed by atoms with Gasteiger partial charge in [-0.1, -0.05) is 12.1 Å². The molecule has 5 heteroatoms. The second kappa shape index (κ2) is 5.92. The molecule has 0 saturated carbocycles. The van der Waals surface area contributed by atoms with Crippen LogP contribution in [-0.2, 0) is 17.3 Å². The topological polar surface area (TPSA) is 21.3 Å².